The van der Waals surface area contributed by atoms with E-state index in [4.69, 9.17) is 9.47 Å². The molecule has 3 nitrogen and oxygen atoms in total. The molecule has 1 N–H and O–H groups in total. The van der Waals surface area contributed by atoms with Crippen molar-refractivity contribution >= 4 is 0 Å². The molecule has 2 aliphatic carbocycles. The van der Waals surface area contributed by atoms with Gasteiger partial charge < -0.3 is 14.8 Å². The Hall–Kier alpha value is -1.22. The van der Waals surface area contributed by atoms with Gasteiger partial charge in [-0.3, -0.25) is 0 Å². The molecule has 2 aliphatic rings. The zero-order valence-electron chi connectivity index (χ0n) is 10.9. The average molecular weight is 247 g/mol. The summed E-state index contributed by atoms with van der Waals surface area (Å²) in [5.41, 5.74) is 1.21. The molecule has 0 aliphatic heterocycles. The normalized spacial score (nSPS) is 18.7. The van der Waals surface area contributed by atoms with Crippen LogP contribution in [-0.2, 0) is 6.54 Å². The SMILES string of the molecule is COc1cccc(CNC2CC2)c1OCC1CC1. The second-order valence-electron chi connectivity index (χ2n) is 5.36. The van der Waals surface area contributed by atoms with Crippen molar-refractivity contribution in [3.63, 3.8) is 0 Å². The van der Waals surface area contributed by atoms with Crippen LogP contribution in [0.1, 0.15) is 31.2 Å². The van der Waals surface area contributed by atoms with Crippen LogP contribution in [0.3, 0.4) is 0 Å². The summed E-state index contributed by atoms with van der Waals surface area (Å²) in [4.78, 5) is 0. The summed E-state index contributed by atoms with van der Waals surface area (Å²) in [5.74, 6) is 2.55. The fourth-order valence-corrected chi connectivity index (χ4v) is 2.05. The van der Waals surface area contributed by atoms with Crippen LogP contribution in [-0.4, -0.2) is 19.8 Å². The summed E-state index contributed by atoms with van der Waals surface area (Å²) in [5, 5.41) is 3.53. The minimum Gasteiger partial charge on any atom is -0.493 e. The highest BCUT2D eigenvalue weighted by Gasteiger charge is 2.24. The van der Waals surface area contributed by atoms with Gasteiger partial charge in [0.25, 0.3) is 0 Å². The maximum atomic E-state index is 5.97. The molecular weight excluding hydrogens is 226 g/mol. The van der Waals surface area contributed by atoms with E-state index in [0.717, 1.165) is 30.6 Å². The second-order valence-corrected chi connectivity index (χ2v) is 5.36. The van der Waals surface area contributed by atoms with E-state index in [2.05, 4.69) is 11.4 Å². The highest BCUT2D eigenvalue weighted by Crippen LogP contribution is 2.35. The van der Waals surface area contributed by atoms with Crippen LogP contribution >= 0.6 is 0 Å². The Morgan fingerprint density at radius 1 is 1.22 bits per heavy atom. The smallest absolute Gasteiger partial charge is 0.165 e. The third-order valence-corrected chi connectivity index (χ3v) is 3.60. The highest BCUT2D eigenvalue weighted by molar-refractivity contribution is 5.46. The molecule has 3 rings (SSSR count). The summed E-state index contributed by atoms with van der Waals surface area (Å²) >= 11 is 0. The van der Waals surface area contributed by atoms with Gasteiger partial charge in [0.2, 0.25) is 0 Å². The van der Waals surface area contributed by atoms with Gasteiger partial charge in [-0.05, 0) is 37.7 Å². The zero-order chi connectivity index (χ0) is 12.4. The summed E-state index contributed by atoms with van der Waals surface area (Å²) in [6, 6.07) is 6.85. The Kier molecular flexibility index (Phi) is 3.41. The van der Waals surface area contributed by atoms with Crippen LogP contribution in [0.5, 0.6) is 11.5 Å². The van der Waals surface area contributed by atoms with Gasteiger partial charge in [0, 0.05) is 18.2 Å². The molecule has 0 atom stereocenters. The van der Waals surface area contributed by atoms with Gasteiger partial charge in [0.15, 0.2) is 11.5 Å². The van der Waals surface area contributed by atoms with Crippen molar-refractivity contribution in [2.45, 2.75) is 38.3 Å². The third-order valence-electron chi connectivity index (χ3n) is 3.60. The first-order chi connectivity index (χ1) is 8.86. The number of benzene rings is 1. The molecule has 2 fully saturated rings. The average Bonchev–Trinajstić information content (AvgIpc) is 3.28. The number of hydrogen-bond acceptors (Lipinski definition) is 3. The Labute approximate surface area is 108 Å². The van der Waals surface area contributed by atoms with E-state index in [1.807, 2.05) is 12.1 Å². The van der Waals surface area contributed by atoms with E-state index in [1.165, 1.54) is 31.2 Å². The van der Waals surface area contributed by atoms with Gasteiger partial charge >= 0.3 is 0 Å². The standard InChI is InChI=1S/C15H21NO2/c1-17-14-4-2-3-12(9-16-13-7-8-13)15(14)18-10-11-5-6-11/h2-4,11,13,16H,5-10H2,1H3. The topological polar surface area (TPSA) is 30.5 Å². The maximum absolute atomic E-state index is 5.97. The van der Waals surface area contributed by atoms with Crippen LogP contribution in [0.4, 0.5) is 0 Å². The molecule has 0 saturated heterocycles. The summed E-state index contributed by atoms with van der Waals surface area (Å²) in [6.45, 7) is 1.71. The van der Waals surface area contributed by atoms with Crippen LogP contribution in [0.2, 0.25) is 0 Å². The van der Waals surface area contributed by atoms with E-state index < -0.39 is 0 Å². The van der Waals surface area contributed by atoms with Crippen molar-refractivity contribution in [2.24, 2.45) is 5.92 Å². The molecule has 1 aromatic carbocycles. The van der Waals surface area contributed by atoms with E-state index in [-0.39, 0.29) is 0 Å². The van der Waals surface area contributed by atoms with E-state index in [1.54, 1.807) is 7.11 Å². The van der Waals surface area contributed by atoms with Crippen molar-refractivity contribution in [1.29, 1.82) is 0 Å². The van der Waals surface area contributed by atoms with Crippen LogP contribution in [0, 0.1) is 5.92 Å². The maximum Gasteiger partial charge on any atom is 0.165 e. The first-order valence-corrected chi connectivity index (χ1v) is 6.89. The third kappa shape index (κ3) is 2.96. The molecule has 0 aromatic heterocycles. The van der Waals surface area contributed by atoms with Crippen LogP contribution in [0.15, 0.2) is 18.2 Å². The molecule has 0 radical (unpaired) electrons. The fraction of sp³-hybridized carbons (Fsp3) is 0.600. The van der Waals surface area contributed by atoms with Gasteiger partial charge in [0.05, 0.1) is 13.7 Å². The van der Waals surface area contributed by atoms with E-state index >= 15 is 0 Å². The largest absolute Gasteiger partial charge is 0.493 e. The Bertz CT molecular complexity index is 411. The lowest BCUT2D eigenvalue weighted by atomic mass is 10.2. The lowest BCUT2D eigenvalue weighted by molar-refractivity contribution is 0.277. The molecule has 18 heavy (non-hydrogen) atoms. The number of nitrogens with one attached hydrogen (secondary N) is 1. The van der Waals surface area contributed by atoms with Crippen LogP contribution < -0.4 is 14.8 Å². The molecule has 0 amide bonds. The number of hydrogen-bond donors (Lipinski definition) is 1. The van der Waals surface area contributed by atoms with Crippen molar-refractivity contribution < 1.29 is 9.47 Å². The van der Waals surface area contributed by atoms with Gasteiger partial charge in [-0.15, -0.1) is 0 Å². The molecule has 2 saturated carbocycles. The van der Waals surface area contributed by atoms with E-state index in [9.17, 15) is 0 Å². The fourth-order valence-electron chi connectivity index (χ4n) is 2.05. The Balaban J connectivity index is 1.70. The molecule has 0 spiro atoms. The van der Waals surface area contributed by atoms with E-state index in [0.29, 0.717) is 6.04 Å². The Morgan fingerprint density at radius 2 is 2.06 bits per heavy atom. The molecule has 98 valence electrons. The summed E-state index contributed by atoms with van der Waals surface area (Å²) in [6.07, 6.45) is 5.24. The van der Waals surface area contributed by atoms with Gasteiger partial charge in [-0.25, -0.2) is 0 Å². The minimum atomic E-state index is 0.715. The van der Waals surface area contributed by atoms with Crippen molar-refractivity contribution in [1.82, 2.24) is 5.32 Å². The predicted octanol–water partition coefficient (Wildman–Crippen LogP) is 2.74. The number of methoxy groups -OCH3 is 1. The van der Waals surface area contributed by atoms with Crippen molar-refractivity contribution in [3.8, 4) is 11.5 Å². The number of rotatable bonds is 7. The first-order valence-electron chi connectivity index (χ1n) is 6.89. The molecule has 1 aromatic rings. The van der Waals surface area contributed by atoms with Gasteiger partial charge in [-0.1, -0.05) is 12.1 Å². The van der Waals surface area contributed by atoms with Gasteiger partial charge in [-0.2, -0.15) is 0 Å². The summed E-state index contributed by atoms with van der Waals surface area (Å²) < 4.78 is 11.4. The zero-order valence-corrected chi connectivity index (χ0v) is 10.9. The lowest BCUT2D eigenvalue weighted by Gasteiger charge is -2.15. The van der Waals surface area contributed by atoms with Crippen LogP contribution in [0.25, 0.3) is 0 Å². The summed E-state index contributed by atoms with van der Waals surface area (Å²) in [7, 11) is 1.71. The lowest BCUT2D eigenvalue weighted by Crippen LogP contribution is -2.16. The molecule has 3 heteroatoms. The predicted molar refractivity (Wildman–Crippen MR) is 71.1 cm³/mol. The number of ether oxygens (including phenoxy) is 2. The highest BCUT2D eigenvalue weighted by atomic mass is 16.5. The van der Waals surface area contributed by atoms with Gasteiger partial charge in [0.1, 0.15) is 0 Å². The van der Waals surface area contributed by atoms with Crippen molar-refractivity contribution in [2.75, 3.05) is 13.7 Å². The molecular formula is C15H21NO2. The second kappa shape index (κ2) is 5.19. The Morgan fingerprint density at radius 3 is 2.72 bits per heavy atom. The minimum absolute atomic E-state index is 0.715. The first kappa shape index (κ1) is 11.8. The van der Waals surface area contributed by atoms with Crippen molar-refractivity contribution in [3.05, 3.63) is 23.8 Å². The number of para-hydroxylation sites is 1. The molecule has 0 heterocycles. The molecule has 0 unspecified atom stereocenters. The molecule has 0 bridgehead atoms. The monoisotopic (exact) mass is 247 g/mol. The quantitative estimate of drug-likeness (QED) is 0.803.